The highest BCUT2D eigenvalue weighted by Crippen LogP contribution is 2.47. The Kier molecular flexibility index (Phi) is 1.67. The van der Waals surface area contributed by atoms with Crippen molar-refractivity contribution in [3.63, 3.8) is 0 Å². The van der Waals surface area contributed by atoms with Crippen LogP contribution in [0.25, 0.3) is 0 Å². The summed E-state index contributed by atoms with van der Waals surface area (Å²) in [7, 11) is 0. The second-order valence-electron chi connectivity index (χ2n) is 4.47. The van der Waals surface area contributed by atoms with Crippen molar-refractivity contribution in [3.05, 3.63) is 0 Å². The van der Waals surface area contributed by atoms with Crippen molar-refractivity contribution in [2.45, 2.75) is 45.1 Å². The van der Waals surface area contributed by atoms with E-state index in [-0.39, 0.29) is 5.92 Å². The van der Waals surface area contributed by atoms with Gasteiger partial charge in [0.15, 0.2) is 0 Å². The van der Waals surface area contributed by atoms with Gasteiger partial charge in [0.25, 0.3) is 0 Å². The Bertz CT molecular complexity index is 200. The maximum absolute atomic E-state index is 11.7. The maximum atomic E-state index is 11.7. The van der Waals surface area contributed by atoms with Crippen molar-refractivity contribution < 1.29 is 4.79 Å². The molecular weight excluding hydrogens is 150 g/mol. The highest BCUT2D eigenvalue weighted by atomic mass is 16.2. The van der Waals surface area contributed by atoms with Gasteiger partial charge in [-0.05, 0) is 25.7 Å². The van der Waals surface area contributed by atoms with Crippen LogP contribution >= 0.6 is 0 Å². The Balaban J connectivity index is 2.01. The predicted molar refractivity (Wildman–Crippen MR) is 47.8 cm³/mol. The average Bonchev–Trinajstić information content (AvgIpc) is 1.81. The molecule has 1 amide bonds. The molecule has 1 saturated heterocycles. The van der Waals surface area contributed by atoms with Gasteiger partial charge < -0.3 is 4.90 Å². The summed E-state index contributed by atoms with van der Waals surface area (Å²) in [6, 6.07) is 0. The molecular formula is C10H17NO. The van der Waals surface area contributed by atoms with Crippen molar-refractivity contribution in [3.8, 4) is 0 Å². The molecule has 2 fully saturated rings. The second kappa shape index (κ2) is 2.48. The average molecular weight is 167 g/mol. The summed E-state index contributed by atoms with van der Waals surface area (Å²) in [6.07, 6.45) is 5.09. The molecule has 0 radical (unpaired) electrons. The summed E-state index contributed by atoms with van der Waals surface area (Å²) >= 11 is 0. The van der Waals surface area contributed by atoms with Crippen LogP contribution in [0.1, 0.15) is 39.5 Å². The Morgan fingerprint density at radius 1 is 1.33 bits per heavy atom. The lowest BCUT2D eigenvalue weighted by atomic mass is 9.67. The standard InChI is InChI=1S/C10H17NO/c1-8(2)9(12)11-7-6-10(11)4-3-5-10/h8H,3-7H2,1-2H3. The van der Waals surface area contributed by atoms with Crippen LogP contribution in [-0.2, 0) is 4.79 Å². The maximum Gasteiger partial charge on any atom is 0.225 e. The number of rotatable bonds is 1. The Labute approximate surface area is 73.9 Å². The van der Waals surface area contributed by atoms with Crippen LogP contribution in [0.2, 0.25) is 0 Å². The van der Waals surface area contributed by atoms with Crippen molar-refractivity contribution in [1.82, 2.24) is 4.90 Å². The molecule has 2 heteroatoms. The number of likely N-dealkylation sites (tertiary alicyclic amines) is 1. The van der Waals surface area contributed by atoms with E-state index in [1.54, 1.807) is 0 Å². The van der Waals surface area contributed by atoms with Gasteiger partial charge in [0.2, 0.25) is 5.91 Å². The number of nitrogens with zero attached hydrogens (tertiary/aromatic N) is 1. The first-order chi connectivity index (χ1) is 5.66. The minimum atomic E-state index is 0.183. The van der Waals surface area contributed by atoms with E-state index in [9.17, 15) is 4.79 Å². The Morgan fingerprint density at radius 2 is 2.00 bits per heavy atom. The third kappa shape index (κ3) is 0.900. The van der Waals surface area contributed by atoms with Gasteiger partial charge in [-0.15, -0.1) is 0 Å². The van der Waals surface area contributed by atoms with Crippen LogP contribution < -0.4 is 0 Å². The normalized spacial score (nSPS) is 25.4. The zero-order valence-corrected chi connectivity index (χ0v) is 7.97. The van der Waals surface area contributed by atoms with Gasteiger partial charge in [-0.2, -0.15) is 0 Å². The monoisotopic (exact) mass is 167 g/mol. The number of carbonyl (C=O) groups excluding carboxylic acids is 1. The summed E-state index contributed by atoms with van der Waals surface area (Å²) in [5, 5.41) is 0. The zero-order chi connectivity index (χ0) is 8.77. The van der Waals surface area contributed by atoms with Gasteiger partial charge in [-0.25, -0.2) is 0 Å². The zero-order valence-electron chi connectivity index (χ0n) is 7.97. The number of hydrogen-bond donors (Lipinski definition) is 0. The molecule has 1 aliphatic carbocycles. The number of hydrogen-bond acceptors (Lipinski definition) is 1. The number of carbonyl (C=O) groups is 1. The van der Waals surface area contributed by atoms with Gasteiger partial charge in [0.1, 0.15) is 0 Å². The first kappa shape index (κ1) is 8.09. The molecule has 1 saturated carbocycles. The molecule has 2 rings (SSSR count). The SMILES string of the molecule is CC(C)C(=O)N1CCC12CCC2. The quantitative estimate of drug-likeness (QED) is 0.583. The van der Waals surface area contributed by atoms with Crippen molar-refractivity contribution in [1.29, 1.82) is 0 Å². The molecule has 0 aromatic carbocycles. The Hall–Kier alpha value is -0.530. The van der Waals surface area contributed by atoms with Crippen LogP contribution in [0.3, 0.4) is 0 Å². The van der Waals surface area contributed by atoms with Crippen molar-refractivity contribution in [2.75, 3.05) is 6.54 Å². The van der Waals surface area contributed by atoms with E-state index in [0.29, 0.717) is 11.4 Å². The largest absolute Gasteiger partial charge is 0.337 e. The number of amides is 1. The minimum Gasteiger partial charge on any atom is -0.337 e. The van der Waals surface area contributed by atoms with E-state index in [4.69, 9.17) is 0 Å². The van der Waals surface area contributed by atoms with Crippen molar-refractivity contribution in [2.24, 2.45) is 5.92 Å². The molecule has 0 atom stereocenters. The molecule has 0 bridgehead atoms. The first-order valence-electron chi connectivity index (χ1n) is 4.97. The lowest BCUT2D eigenvalue weighted by molar-refractivity contribution is -0.159. The molecule has 1 heterocycles. The molecule has 1 spiro atoms. The predicted octanol–water partition coefficient (Wildman–Crippen LogP) is 1.80. The highest BCUT2D eigenvalue weighted by molar-refractivity contribution is 5.80. The van der Waals surface area contributed by atoms with Crippen molar-refractivity contribution >= 4 is 5.91 Å². The molecule has 0 N–H and O–H groups in total. The molecule has 0 aromatic heterocycles. The summed E-state index contributed by atoms with van der Waals surface area (Å²) in [5.41, 5.74) is 0.349. The second-order valence-corrected chi connectivity index (χ2v) is 4.47. The van der Waals surface area contributed by atoms with Gasteiger partial charge in [-0.1, -0.05) is 13.8 Å². The highest BCUT2D eigenvalue weighted by Gasteiger charge is 2.51. The molecule has 12 heavy (non-hydrogen) atoms. The third-order valence-electron chi connectivity index (χ3n) is 3.42. The van der Waals surface area contributed by atoms with E-state index in [0.717, 1.165) is 6.54 Å². The van der Waals surface area contributed by atoms with Gasteiger partial charge in [0.05, 0.1) is 0 Å². The molecule has 1 aliphatic heterocycles. The summed E-state index contributed by atoms with van der Waals surface area (Å²) < 4.78 is 0. The van der Waals surface area contributed by atoms with E-state index in [1.165, 1.54) is 25.7 Å². The van der Waals surface area contributed by atoms with E-state index >= 15 is 0 Å². The summed E-state index contributed by atoms with van der Waals surface area (Å²) in [5.74, 6) is 0.545. The summed E-state index contributed by atoms with van der Waals surface area (Å²) in [6.45, 7) is 5.00. The fraction of sp³-hybridized carbons (Fsp3) is 0.900. The smallest absolute Gasteiger partial charge is 0.225 e. The fourth-order valence-corrected chi connectivity index (χ4v) is 2.30. The Morgan fingerprint density at radius 3 is 2.25 bits per heavy atom. The molecule has 68 valence electrons. The molecule has 2 nitrogen and oxygen atoms in total. The van der Waals surface area contributed by atoms with Crippen LogP contribution in [0.15, 0.2) is 0 Å². The van der Waals surface area contributed by atoms with Crippen LogP contribution in [-0.4, -0.2) is 22.9 Å². The van der Waals surface area contributed by atoms with Gasteiger partial charge in [0, 0.05) is 18.0 Å². The molecule has 0 aromatic rings. The fourth-order valence-electron chi connectivity index (χ4n) is 2.30. The first-order valence-corrected chi connectivity index (χ1v) is 4.97. The lowest BCUT2D eigenvalue weighted by Crippen LogP contribution is -2.66. The topological polar surface area (TPSA) is 20.3 Å². The van der Waals surface area contributed by atoms with Gasteiger partial charge >= 0.3 is 0 Å². The van der Waals surface area contributed by atoms with Crippen LogP contribution in [0.4, 0.5) is 0 Å². The van der Waals surface area contributed by atoms with E-state index in [1.807, 2.05) is 13.8 Å². The van der Waals surface area contributed by atoms with Crippen LogP contribution in [0, 0.1) is 5.92 Å². The van der Waals surface area contributed by atoms with E-state index in [2.05, 4.69) is 4.90 Å². The van der Waals surface area contributed by atoms with Gasteiger partial charge in [-0.3, -0.25) is 4.79 Å². The lowest BCUT2D eigenvalue weighted by Gasteiger charge is -2.59. The third-order valence-corrected chi connectivity index (χ3v) is 3.42. The summed E-state index contributed by atoms with van der Waals surface area (Å²) in [4.78, 5) is 13.8. The molecule has 0 unspecified atom stereocenters. The minimum absolute atomic E-state index is 0.183. The van der Waals surface area contributed by atoms with E-state index < -0.39 is 0 Å². The molecule has 2 aliphatic rings. The van der Waals surface area contributed by atoms with Crippen LogP contribution in [0.5, 0.6) is 0 Å².